The van der Waals surface area contributed by atoms with Crippen LogP contribution in [0.3, 0.4) is 0 Å². The third-order valence-electron chi connectivity index (χ3n) is 3.14. The largest absolute Gasteiger partial charge is 0.373 e. The number of hydrogen-bond donors (Lipinski definition) is 2. The number of primary amides is 1. The molecule has 0 aromatic rings. The van der Waals surface area contributed by atoms with Crippen molar-refractivity contribution in [3.8, 4) is 0 Å². The van der Waals surface area contributed by atoms with E-state index in [0.717, 1.165) is 12.8 Å². The fourth-order valence-electron chi connectivity index (χ4n) is 2.15. The first-order chi connectivity index (χ1) is 7.18. The maximum absolute atomic E-state index is 10.6. The molecule has 4 nitrogen and oxygen atoms in total. The van der Waals surface area contributed by atoms with Crippen molar-refractivity contribution in [2.75, 3.05) is 13.2 Å². The lowest BCUT2D eigenvalue weighted by Gasteiger charge is -2.31. The number of hydrogen-bond acceptors (Lipinski definition) is 3. The number of carbonyl (C=O) groups excluding carboxylic acids is 1. The SMILES string of the molecule is NCC1(OCCC(N)=O)CCCCCC1. The molecule has 0 aliphatic heterocycles. The smallest absolute Gasteiger partial charge is 0.219 e. The zero-order valence-corrected chi connectivity index (χ0v) is 9.34. The van der Waals surface area contributed by atoms with Gasteiger partial charge in [0.25, 0.3) is 0 Å². The summed E-state index contributed by atoms with van der Waals surface area (Å²) < 4.78 is 5.78. The number of nitrogens with two attached hydrogens (primary N) is 2. The van der Waals surface area contributed by atoms with Gasteiger partial charge in [-0.25, -0.2) is 0 Å². The van der Waals surface area contributed by atoms with Crippen LogP contribution < -0.4 is 11.5 Å². The zero-order valence-electron chi connectivity index (χ0n) is 9.34. The van der Waals surface area contributed by atoms with Gasteiger partial charge in [0.2, 0.25) is 5.91 Å². The summed E-state index contributed by atoms with van der Waals surface area (Å²) in [5.74, 6) is -0.309. The fourth-order valence-corrected chi connectivity index (χ4v) is 2.15. The summed E-state index contributed by atoms with van der Waals surface area (Å²) in [6.07, 6.45) is 7.20. The van der Waals surface area contributed by atoms with E-state index in [-0.39, 0.29) is 11.5 Å². The average molecular weight is 214 g/mol. The lowest BCUT2D eigenvalue weighted by molar-refractivity contribution is -0.121. The Kier molecular flexibility index (Phi) is 5.05. The van der Waals surface area contributed by atoms with E-state index in [9.17, 15) is 4.79 Å². The summed E-state index contributed by atoms with van der Waals surface area (Å²) in [5, 5.41) is 0. The quantitative estimate of drug-likeness (QED) is 0.668. The zero-order chi connectivity index (χ0) is 11.1. The van der Waals surface area contributed by atoms with E-state index in [0.29, 0.717) is 19.6 Å². The summed E-state index contributed by atoms with van der Waals surface area (Å²) in [4.78, 5) is 10.6. The van der Waals surface area contributed by atoms with Gasteiger partial charge in [-0.15, -0.1) is 0 Å². The van der Waals surface area contributed by atoms with Crippen molar-refractivity contribution in [3.05, 3.63) is 0 Å². The van der Waals surface area contributed by atoms with Gasteiger partial charge in [-0.3, -0.25) is 4.79 Å². The summed E-state index contributed by atoms with van der Waals surface area (Å²) in [6.45, 7) is 0.957. The Morgan fingerprint density at radius 3 is 2.27 bits per heavy atom. The van der Waals surface area contributed by atoms with Gasteiger partial charge in [0.1, 0.15) is 0 Å². The predicted molar refractivity (Wildman–Crippen MR) is 59.3 cm³/mol. The maximum atomic E-state index is 10.6. The Balaban J connectivity index is 2.39. The van der Waals surface area contributed by atoms with Gasteiger partial charge < -0.3 is 16.2 Å². The van der Waals surface area contributed by atoms with Crippen LogP contribution in [-0.4, -0.2) is 24.7 Å². The van der Waals surface area contributed by atoms with Gasteiger partial charge in [-0.2, -0.15) is 0 Å². The molecule has 0 atom stereocenters. The van der Waals surface area contributed by atoms with Gasteiger partial charge in [0, 0.05) is 13.0 Å². The molecule has 0 saturated heterocycles. The maximum Gasteiger partial charge on any atom is 0.219 e. The topological polar surface area (TPSA) is 78.3 Å². The summed E-state index contributed by atoms with van der Waals surface area (Å²) in [6, 6.07) is 0. The molecule has 0 bridgehead atoms. The number of ether oxygens (including phenoxy) is 1. The molecule has 4 heteroatoms. The minimum Gasteiger partial charge on any atom is -0.373 e. The number of rotatable bonds is 5. The standard InChI is InChI=1S/C11H22N2O2/c12-9-11(15-8-5-10(13)14)6-3-1-2-4-7-11/h1-9,12H2,(H2,13,14). The van der Waals surface area contributed by atoms with Gasteiger partial charge >= 0.3 is 0 Å². The van der Waals surface area contributed by atoms with Crippen LogP contribution in [0.5, 0.6) is 0 Å². The van der Waals surface area contributed by atoms with Gasteiger partial charge in [-0.05, 0) is 12.8 Å². The second-order valence-electron chi connectivity index (χ2n) is 4.37. The minimum absolute atomic E-state index is 0.189. The third-order valence-corrected chi connectivity index (χ3v) is 3.14. The van der Waals surface area contributed by atoms with Crippen molar-refractivity contribution in [2.45, 2.75) is 50.5 Å². The highest BCUT2D eigenvalue weighted by atomic mass is 16.5. The van der Waals surface area contributed by atoms with Gasteiger partial charge in [0.15, 0.2) is 0 Å². The summed E-state index contributed by atoms with van der Waals surface area (Å²) in [7, 11) is 0. The van der Waals surface area contributed by atoms with Crippen molar-refractivity contribution in [1.29, 1.82) is 0 Å². The highest BCUT2D eigenvalue weighted by molar-refractivity contribution is 5.73. The molecule has 1 amide bonds. The van der Waals surface area contributed by atoms with Crippen molar-refractivity contribution >= 4 is 5.91 Å². The van der Waals surface area contributed by atoms with E-state index < -0.39 is 0 Å². The third kappa shape index (κ3) is 4.18. The average Bonchev–Trinajstić information content (AvgIpc) is 2.44. The fraction of sp³-hybridized carbons (Fsp3) is 0.909. The molecular formula is C11H22N2O2. The van der Waals surface area contributed by atoms with Crippen molar-refractivity contribution in [3.63, 3.8) is 0 Å². The molecule has 1 saturated carbocycles. The number of carbonyl (C=O) groups is 1. The molecule has 1 rings (SSSR count). The second-order valence-corrected chi connectivity index (χ2v) is 4.37. The monoisotopic (exact) mass is 214 g/mol. The lowest BCUT2D eigenvalue weighted by Crippen LogP contribution is -2.41. The van der Waals surface area contributed by atoms with Crippen LogP contribution in [0.15, 0.2) is 0 Å². The van der Waals surface area contributed by atoms with E-state index >= 15 is 0 Å². The van der Waals surface area contributed by atoms with Crippen LogP contribution >= 0.6 is 0 Å². The summed E-state index contributed by atoms with van der Waals surface area (Å²) in [5.41, 5.74) is 10.7. The first kappa shape index (κ1) is 12.5. The van der Waals surface area contributed by atoms with Crippen LogP contribution in [0.4, 0.5) is 0 Å². The van der Waals surface area contributed by atoms with Crippen molar-refractivity contribution in [1.82, 2.24) is 0 Å². The Bertz CT molecular complexity index is 199. The number of amides is 1. The van der Waals surface area contributed by atoms with E-state index in [1.807, 2.05) is 0 Å². The van der Waals surface area contributed by atoms with E-state index in [4.69, 9.17) is 16.2 Å². The second kappa shape index (κ2) is 6.08. The molecule has 0 radical (unpaired) electrons. The lowest BCUT2D eigenvalue weighted by atomic mass is 9.94. The van der Waals surface area contributed by atoms with Gasteiger partial charge in [0.05, 0.1) is 12.2 Å². The molecule has 15 heavy (non-hydrogen) atoms. The van der Waals surface area contributed by atoms with E-state index in [1.165, 1.54) is 25.7 Å². The van der Waals surface area contributed by atoms with Crippen LogP contribution in [0, 0.1) is 0 Å². The normalized spacial score (nSPS) is 20.9. The Hall–Kier alpha value is -0.610. The highest BCUT2D eigenvalue weighted by Gasteiger charge is 2.30. The van der Waals surface area contributed by atoms with Crippen LogP contribution in [-0.2, 0) is 9.53 Å². The van der Waals surface area contributed by atoms with E-state index in [1.54, 1.807) is 0 Å². The molecule has 0 unspecified atom stereocenters. The molecule has 0 spiro atoms. The first-order valence-corrected chi connectivity index (χ1v) is 5.81. The molecular weight excluding hydrogens is 192 g/mol. The molecule has 0 heterocycles. The molecule has 1 aliphatic carbocycles. The minimum atomic E-state index is -0.309. The predicted octanol–water partition coefficient (Wildman–Crippen LogP) is 0.930. The van der Waals surface area contributed by atoms with Crippen LogP contribution in [0.1, 0.15) is 44.9 Å². The van der Waals surface area contributed by atoms with E-state index in [2.05, 4.69) is 0 Å². The van der Waals surface area contributed by atoms with Crippen molar-refractivity contribution in [2.24, 2.45) is 11.5 Å². The molecule has 4 N–H and O–H groups in total. The first-order valence-electron chi connectivity index (χ1n) is 5.81. The van der Waals surface area contributed by atoms with Crippen LogP contribution in [0.2, 0.25) is 0 Å². The van der Waals surface area contributed by atoms with Crippen LogP contribution in [0.25, 0.3) is 0 Å². The molecule has 1 aliphatic rings. The van der Waals surface area contributed by atoms with Crippen molar-refractivity contribution < 1.29 is 9.53 Å². The summed E-state index contributed by atoms with van der Waals surface area (Å²) >= 11 is 0. The molecule has 0 aromatic heterocycles. The Morgan fingerprint density at radius 2 is 1.80 bits per heavy atom. The Morgan fingerprint density at radius 1 is 1.20 bits per heavy atom. The molecule has 88 valence electrons. The highest BCUT2D eigenvalue weighted by Crippen LogP contribution is 2.29. The molecule has 0 aromatic carbocycles. The molecule has 1 fully saturated rings. The van der Waals surface area contributed by atoms with Gasteiger partial charge in [-0.1, -0.05) is 25.7 Å². The Labute approximate surface area is 91.3 Å².